The maximum absolute atomic E-state index is 12.1. The number of esters is 1. The number of aryl methyl sites for hydroxylation is 1. The largest absolute Gasteiger partial charge is 0.465 e. The fourth-order valence-corrected chi connectivity index (χ4v) is 5.63. The zero-order valence-corrected chi connectivity index (χ0v) is 23.5. The smallest absolute Gasteiger partial charge is 0.325 e. The number of rotatable bonds is 11. The fraction of sp³-hybridized carbons (Fsp3) is 0.250. The van der Waals surface area contributed by atoms with Crippen molar-refractivity contribution in [2.24, 2.45) is 0 Å². The van der Waals surface area contributed by atoms with Gasteiger partial charge < -0.3 is 14.2 Å². The summed E-state index contributed by atoms with van der Waals surface area (Å²) in [4.78, 5) is 14.5. The van der Waals surface area contributed by atoms with Crippen LogP contribution in [-0.2, 0) is 22.5 Å². The Labute approximate surface area is 237 Å². The third-order valence-corrected chi connectivity index (χ3v) is 7.45. The summed E-state index contributed by atoms with van der Waals surface area (Å²) < 4.78 is 7.14. The van der Waals surface area contributed by atoms with Crippen LogP contribution in [0.1, 0.15) is 49.3 Å². The molecule has 0 radical (unpaired) electrons. The Balaban J connectivity index is 1.36. The van der Waals surface area contributed by atoms with Gasteiger partial charge in [0.1, 0.15) is 6.54 Å². The van der Waals surface area contributed by atoms with E-state index in [2.05, 4.69) is 121 Å². The summed E-state index contributed by atoms with van der Waals surface area (Å²) in [7, 11) is 0. The Morgan fingerprint density at radius 1 is 0.875 bits per heavy atom. The van der Waals surface area contributed by atoms with Gasteiger partial charge in [0.25, 0.3) is 0 Å². The molecule has 4 nitrogen and oxygen atoms in total. The lowest BCUT2D eigenvalue weighted by Crippen LogP contribution is -2.22. The van der Waals surface area contributed by atoms with E-state index in [0.29, 0.717) is 6.61 Å². The van der Waals surface area contributed by atoms with Gasteiger partial charge in [-0.25, -0.2) is 0 Å². The molecule has 5 rings (SSSR count). The average Bonchev–Trinajstić information content (AvgIpc) is 3.39. The Bertz CT molecular complexity index is 1470. The summed E-state index contributed by atoms with van der Waals surface area (Å²) in [6.07, 6.45) is 14.2. The van der Waals surface area contributed by atoms with Crippen LogP contribution in [-0.4, -0.2) is 28.6 Å². The molecule has 1 aliphatic rings. The number of hydrogen-bond acceptors (Lipinski definition) is 3. The second-order valence-electron chi connectivity index (χ2n) is 10.1. The van der Waals surface area contributed by atoms with Gasteiger partial charge in [0.05, 0.1) is 6.61 Å². The van der Waals surface area contributed by atoms with Crippen molar-refractivity contribution in [3.63, 3.8) is 0 Å². The highest BCUT2D eigenvalue weighted by atomic mass is 16.5. The average molecular weight is 531 g/mol. The molecule has 204 valence electrons. The topological polar surface area (TPSA) is 34.5 Å². The quantitative estimate of drug-likeness (QED) is 0.184. The van der Waals surface area contributed by atoms with Gasteiger partial charge in [-0.05, 0) is 66.7 Å². The first-order chi connectivity index (χ1) is 19.7. The Kier molecular flexibility index (Phi) is 8.97. The van der Waals surface area contributed by atoms with E-state index in [0.717, 1.165) is 31.3 Å². The molecule has 0 saturated carbocycles. The summed E-state index contributed by atoms with van der Waals surface area (Å²) in [5.41, 5.74) is 7.53. The minimum atomic E-state index is -0.203. The minimum absolute atomic E-state index is 0.178. The Hall–Kier alpha value is -4.31. The molecule has 0 saturated heterocycles. The molecule has 1 aromatic heterocycles. The molecule has 2 heterocycles. The van der Waals surface area contributed by atoms with Crippen LogP contribution in [0.15, 0.2) is 127 Å². The third kappa shape index (κ3) is 6.28. The molecule has 0 fully saturated rings. The predicted molar refractivity (Wildman–Crippen MR) is 164 cm³/mol. The summed E-state index contributed by atoms with van der Waals surface area (Å²) >= 11 is 0. The highest BCUT2D eigenvalue weighted by molar-refractivity contribution is 5.85. The first-order valence-corrected chi connectivity index (χ1v) is 14.4. The number of ether oxygens (including phenoxy) is 1. The molecular weight excluding hydrogens is 492 g/mol. The van der Waals surface area contributed by atoms with Crippen molar-refractivity contribution in [3.05, 3.63) is 144 Å². The maximum atomic E-state index is 12.1. The van der Waals surface area contributed by atoms with Crippen LogP contribution in [0.4, 0.5) is 0 Å². The molecule has 0 spiro atoms. The number of hydrogen-bond donors (Lipinski definition) is 0. The van der Waals surface area contributed by atoms with Gasteiger partial charge in [-0.3, -0.25) is 4.79 Å². The minimum Gasteiger partial charge on any atom is -0.465 e. The van der Waals surface area contributed by atoms with Gasteiger partial charge in [-0.15, -0.1) is 0 Å². The van der Waals surface area contributed by atoms with Crippen LogP contribution in [0.3, 0.4) is 0 Å². The highest BCUT2D eigenvalue weighted by Gasteiger charge is 2.21. The standard InChI is InChI=1S/C36H38N2O2/c1-3-13-32-22-21-31(36(29-14-7-5-8-15-29)30-16-9-6-10-17-30)26-37(32)24-12-19-28-18-11-20-34-33(28)23-25-38(34)27-35(39)40-4-2/h5-11,13-18,20-23,25-26,36H,3-4,12,19,24,27H2,1-2H3/b32-13-. The van der Waals surface area contributed by atoms with Crippen molar-refractivity contribution >= 4 is 16.9 Å². The zero-order valence-electron chi connectivity index (χ0n) is 23.5. The van der Waals surface area contributed by atoms with Crippen molar-refractivity contribution in [1.82, 2.24) is 9.47 Å². The van der Waals surface area contributed by atoms with E-state index in [9.17, 15) is 4.79 Å². The second-order valence-corrected chi connectivity index (χ2v) is 10.1. The summed E-state index contributed by atoms with van der Waals surface area (Å²) in [5.74, 6) is -0.0251. The first-order valence-electron chi connectivity index (χ1n) is 14.4. The number of aromatic nitrogens is 1. The molecular formula is C36H38N2O2. The van der Waals surface area contributed by atoms with Gasteiger partial charge in [0, 0.05) is 41.5 Å². The number of nitrogens with zero attached hydrogens (tertiary/aromatic N) is 2. The summed E-state index contributed by atoms with van der Waals surface area (Å²) in [6, 6.07) is 30.1. The normalized spacial score (nSPS) is 14.2. The molecule has 0 bridgehead atoms. The molecule has 0 N–H and O–H groups in total. The molecule has 0 unspecified atom stereocenters. The monoisotopic (exact) mass is 530 g/mol. The number of benzene rings is 3. The van der Waals surface area contributed by atoms with E-state index in [1.165, 1.54) is 33.3 Å². The van der Waals surface area contributed by atoms with E-state index in [1.807, 2.05) is 17.7 Å². The summed E-state index contributed by atoms with van der Waals surface area (Å²) in [5, 5.41) is 1.21. The SMILES string of the molecule is CC/C=C1/C=CC(C(c2ccccc2)c2ccccc2)=CN1CCCc1cccc2c1ccn2CC(=O)OCC. The fourth-order valence-electron chi connectivity index (χ4n) is 5.63. The van der Waals surface area contributed by atoms with E-state index in [4.69, 9.17) is 4.74 Å². The van der Waals surface area contributed by atoms with Crippen molar-refractivity contribution < 1.29 is 9.53 Å². The molecule has 0 atom stereocenters. The maximum Gasteiger partial charge on any atom is 0.325 e. The van der Waals surface area contributed by atoms with Crippen LogP contribution in [0.5, 0.6) is 0 Å². The van der Waals surface area contributed by atoms with Crippen molar-refractivity contribution in [1.29, 1.82) is 0 Å². The lowest BCUT2D eigenvalue weighted by molar-refractivity contribution is -0.143. The van der Waals surface area contributed by atoms with E-state index >= 15 is 0 Å². The van der Waals surface area contributed by atoms with Crippen LogP contribution in [0, 0.1) is 0 Å². The third-order valence-electron chi connectivity index (χ3n) is 7.45. The number of carbonyl (C=O) groups is 1. The van der Waals surface area contributed by atoms with Gasteiger partial charge >= 0.3 is 5.97 Å². The second kappa shape index (κ2) is 13.2. The first kappa shape index (κ1) is 27.3. The van der Waals surface area contributed by atoms with Crippen LogP contribution in [0.2, 0.25) is 0 Å². The molecule has 0 amide bonds. The molecule has 4 aromatic rings. The van der Waals surface area contributed by atoms with Crippen LogP contribution < -0.4 is 0 Å². The van der Waals surface area contributed by atoms with E-state index < -0.39 is 0 Å². The zero-order chi connectivity index (χ0) is 27.7. The lowest BCUT2D eigenvalue weighted by atomic mass is 9.84. The Morgan fingerprint density at radius 3 is 2.27 bits per heavy atom. The molecule has 40 heavy (non-hydrogen) atoms. The lowest BCUT2D eigenvalue weighted by Gasteiger charge is -2.30. The molecule has 0 aliphatic carbocycles. The Morgan fingerprint density at radius 2 is 1.60 bits per heavy atom. The van der Waals surface area contributed by atoms with Crippen LogP contribution in [0.25, 0.3) is 10.9 Å². The van der Waals surface area contributed by atoms with Crippen LogP contribution >= 0.6 is 0 Å². The number of allylic oxidation sites excluding steroid dienone is 4. The van der Waals surface area contributed by atoms with Crippen molar-refractivity contribution in [3.8, 4) is 0 Å². The van der Waals surface area contributed by atoms with E-state index in [-0.39, 0.29) is 18.4 Å². The van der Waals surface area contributed by atoms with Gasteiger partial charge in [-0.2, -0.15) is 0 Å². The number of carbonyl (C=O) groups excluding carboxylic acids is 1. The number of fused-ring (bicyclic) bond motifs is 1. The molecule has 4 heteroatoms. The molecule has 1 aliphatic heterocycles. The summed E-state index contributed by atoms with van der Waals surface area (Å²) in [6.45, 7) is 5.60. The predicted octanol–water partition coefficient (Wildman–Crippen LogP) is 8.02. The van der Waals surface area contributed by atoms with Gasteiger partial charge in [0.15, 0.2) is 0 Å². The van der Waals surface area contributed by atoms with Crippen molar-refractivity contribution in [2.75, 3.05) is 13.2 Å². The van der Waals surface area contributed by atoms with Crippen molar-refractivity contribution in [2.45, 2.75) is 45.6 Å². The highest BCUT2D eigenvalue weighted by Crippen LogP contribution is 2.35. The van der Waals surface area contributed by atoms with E-state index in [1.54, 1.807) is 0 Å². The van der Waals surface area contributed by atoms with Gasteiger partial charge in [-0.1, -0.05) is 91.9 Å². The molecule has 3 aromatic carbocycles. The van der Waals surface area contributed by atoms with Gasteiger partial charge in [0.2, 0.25) is 0 Å².